The quantitative estimate of drug-likeness (QED) is 0.466. The molecule has 3 nitrogen and oxygen atoms in total. The molecule has 2 fully saturated rings. The van der Waals surface area contributed by atoms with Crippen LogP contribution in [0.3, 0.4) is 0 Å². The molecular formula is C24H41NO2Si. The first-order chi connectivity index (χ1) is 13.1. The zero-order valence-electron chi connectivity index (χ0n) is 18.7. The molecular weight excluding hydrogens is 362 g/mol. The summed E-state index contributed by atoms with van der Waals surface area (Å²) in [5.74, 6) is 0. The summed E-state index contributed by atoms with van der Waals surface area (Å²) in [5.41, 5.74) is 0.896. The number of fused-ring (bicyclic) bond motifs is 2. The Morgan fingerprint density at radius 1 is 1.11 bits per heavy atom. The molecule has 4 heteroatoms. The fourth-order valence-electron chi connectivity index (χ4n) is 4.82. The van der Waals surface area contributed by atoms with Crippen molar-refractivity contribution < 1.29 is 9.53 Å². The van der Waals surface area contributed by atoms with Crippen molar-refractivity contribution in [1.29, 1.82) is 0 Å². The molecule has 0 saturated carbocycles. The minimum atomic E-state index is -1.68. The lowest BCUT2D eigenvalue weighted by Gasteiger charge is -2.52. The van der Waals surface area contributed by atoms with Crippen LogP contribution in [0.15, 0.2) is 30.3 Å². The number of hydrogen-bond donors (Lipinski definition) is 1. The van der Waals surface area contributed by atoms with Crippen molar-refractivity contribution in [3.63, 3.8) is 0 Å². The maximum atomic E-state index is 11.4. The second-order valence-corrected chi connectivity index (χ2v) is 15.6. The first-order valence-corrected chi connectivity index (χ1v) is 14.2. The van der Waals surface area contributed by atoms with Gasteiger partial charge in [0.15, 0.2) is 8.32 Å². The topological polar surface area (TPSA) is 32.7 Å². The summed E-state index contributed by atoms with van der Waals surface area (Å²) >= 11 is 0. The van der Waals surface area contributed by atoms with Gasteiger partial charge in [0.05, 0.1) is 5.60 Å². The number of piperidine rings is 2. The molecule has 0 aliphatic carbocycles. The first kappa shape index (κ1) is 22.0. The van der Waals surface area contributed by atoms with Crippen LogP contribution in [0.2, 0.25) is 18.1 Å². The van der Waals surface area contributed by atoms with E-state index in [2.05, 4.69) is 69.1 Å². The predicted octanol–water partition coefficient (Wildman–Crippen LogP) is 5.74. The number of benzene rings is 1. The molecule has 2 aliphatic rings. The van der Waals surface area contributed by atoms with Crippen LogP contribution in [0.25, 0.3) is 0 Å². The normalized spacial score (nSPS) is 29.1. The van der Waals surface area contributed by atoms with Crippen LogP contribution >= 0.6 is 0 Å². The molecule has 1 N–H and O–H groups in total. The van der Waals surface area contributed by atoms with E-state index in [9.17, 15) is 5.11 Å². The molecule has 2 bridgehead atoms. The maximum absolute atomic E-state index is 11.4. The Kier molecular flexibility index (Phi) is 6.75. The summed E-state index contributed by atoms with van der Waals surface area (Å²) in [6.45, 7) is 13.3. The minimum absolute atomic E-state index is 0.254. The summed E-state index contributed by atoms with van der Waals surface area (Å²) in [6, 6.07) is 11.9. The summed E-state index contributed by atoms with van der Waals surface area (Å²) in [7, 11) is -1.68. The van der Waals surface area contributed by atoms with Crippen molar-refractivity contribution in [2.24, 2.45) is 0 Å². The third kappa shape index (κ3) is 5.27. The number of rotatable bonds is 7. The highest BCUT2D eigenvalue weighted by Crippen LogP contribution is 2.42. The largest absolute Gasteiger partial charge is 0.417 e. The fourth-order valence-corrected chi connectivity index (χ4v) is 5.91. The van der Waals surface area contributed by atoms with Gasteiger partial charge in [0, 0.05) is 25.2 Å². The minimum Gasteiger partial charge on any atom is -0.417 e. The molecule has 158 valence electrons. The van der Waals surface area contributed by atoms with Gasteiger partial charge < -0.3 is 9.53 Å². The van der Waals surface area contributed by atoms with E-state index < -0.39 is 13.9 Å². The molecule has 0 radical (unpaired) electrons. The van der Waals surface area contributed by atoms with E-state index >= 15 is 0 Å². The van der Waals surface area contributed by atoms with Gasteiger partial charge in [0.2, 0.25) is 0 Å². The summed E-state index contributed by atoms with van der Waals surface area (Å²) < 4.78 is 6.34. The van der Waals surface area contributed by atoms with Crippen LogP contribution in [0.5, 0.6) is 0 Å². The summed E-state index contributed by atoms with van der Waals surface area (Å²) in [5, 5.41) is 11.6. The Hall–Kier alpha value is -0.683. The van der Waals surface area contributed by atoms with Crippen molar-refractivity contribution in [2.75, 3.05) is 6.61 Å². The molecule has 0 spiro atoms. The van der Waals surface area contributed by atoms with E-state index in [0.717, 1.165) is 38.8 Å². The van der Waals surface area contributed by atoms with Gasteiger partial charge in [0.25, 0.3) is 0 Å². The molecule has 2 saturated heterocycles. The van der Waals surface area contributed by atoms with Crippen LogP contribution in [0.4, 0.5) is 0 Å². The average Bonchev–Trinajstić information content (AvgIpc) is 2.60. The molecule has 1 aromatic carbocycles. The Balaban J connectivity index is 1.54. The standard InChI is InChI=1S/C24H41NO2Si/c1-23(2,3)28(4,5)27-16-10-15-24(26)17-21-13-9-14-22(18-24)25(21)19-20-11-7-6-8-12-20/h6-8,11-12,21-22,26H,9-10,13-19H2,1-5H3. The molecule has 1 aromatic rings. The van der Waals surface area contributed by atoms with Gasteiger partial charge in [-0.25, -0.2) is 0 Å². The van der Waals surface area contributed by atoms with Gasteiger partial charge >= 0.3 is 0 Å². The van der Waals surface area contributed by atoms with Crippen molar-refractivity contribution in [1.82, 2.24) is 4.90 Å². The maximum Gasteiger partial charge on any atom is 0.191 e. The van der Waals surface area contributed by atoms with Crippen molar-refractivity contribution >= 4 is 8.32 Å². The second-order valence-electron chi connectivity index (χ2n) is 10.7. The van der Waals surface area contributed by atoms with E-state index in [1.54, 1.807) is 0 Å². The highest BCUT2D eigenvalue weighted by molar-refractivity contribution is 6.74. The second kappa shape index (κ2) is 8.59. The Morgan fingerprint density at radius 2 is 1.71 bits per heavy atom. The van der Waals surface area contributed by atoms with Gasteiger partial charge in [-0.2, -0.15) is 0 Å². The summed E-state index contributed by atoms with van der Waals surface area (Å²) in [4.78, 5) is 2.68. The zero-order chi connectivity index (χ0) is 20.4. The average molecular weight is 404 g/mol. The molecule has 3 rings (SSSR count). The van der Waals surface area contributed by atoms with Gasteiger partial charge in [0.1, 0.15) is 0 Å². The molecule has 28 heavy (non-hydrogen) atoms. The lowest BCUT2D eigenvalue weighted by atomic mass is 9.73. The SMILES string of the molecule is CC(C)(C)[Si](C)(C)OCCCC1(O)CC2CCCC(C1)N2Cc1ccccc1. The number of nitrogens with zero attached hydrogens (tertiary/aromatic N) is 1. The van der Waals surface area contributed by atoms with E-state index in [4.69, 9.17) is 4.43 Å². The van der Waals surface area contributed by atoms with Gasteiger partial charge in [-0.05, 0) is 62.2 Å². The van der Waals surface area contributed by atoms with Crippen LogP contribution in [-0.2, 0) is 11.0 Å². The van der Waals surface area contributed by atoms with Crippen molar-refractivity contribution in [3.8, 4) is 0 Å². The molecule has 0 aromatic heterocycles. The van der Waals surface area contributed by atoms with Gasteiger partial charge in [-0.1, -0.05) is 57.5 Å². The predicted molar refractivity (Wildman–Crippen MR) is 120 cm³/mol. The highest BCUT2D eigenvalue weighted by atomic mass is 28.4. The van der Waals surface area contributed by atoms with E-state index in [0.29, 0.717) is 12.1 Å². The smallest absolute Gasteiger partial charge is 0.191 e. The zero-order valence-corrected chi connectivity index (χ0v) is 19.7. The Bertz CT molecular complexity index is 611. The number of hydrogen-bond acceptors (Lipinski definition) is 3. The van der Waals surface area contributed by atoms with E-state index in [1.165, 1.54) is 24.8 Å². The third-order valence-corrected chi connectivity index (χ3v) is 12.0. The fraction of sp³-hybridized carbons (Fsp3) is 0.750. The van der Waals surface area contributed by atoms with E-state index in [1.807, 2.05) is 0 Å². The van der Waals surface area contributed by atoms with Crippen LogP contribution in [0.1, 0.15) is 71.3 Å². The lowest BCUT2D eigenvalue weighted by molar-refractivity contribution is -0.101. The molecule has 0 amide bonds. The Labute approximate surface area is 173 Å². The highest BCUT2D eigenvalue weighted by Gasteiger charge is 2.45. The molecule has 2 unspecified atom stereocenters. The van der Waals surface area contributed by atoms with Gasteiger partial charge in [-0.3, -0.25) is 4.90 Å². The molecule has 2 heterocycles. The summed E-state index contributed by atoms with van der Waals surface area (Å²) in [6.07, 6.45) is 7.48. The molecule has 2 aliphatic heterocycles. The van der Waals surface area contributed by atoms with Crippen LogP contribution in [0, 0.1) is 0 Å². The third-order valence-electron chi connectivity index (χ3n) is 7.51. The van der Waals surface area contributed by atoms with Crippen molar-refractivity contribution in [3.05, 3.63) is 35.9 Å². The van der Waals surface area contributed by atoms with Crippen molar-refractivity contribution in [2.45, 2.75) is 108 Å². The van der Waals surface area contributed by atoms with Gasteiger partial charge in [-0.15, -0.1) is 0 Å². The van der Waals surface area contributed by atoms with Crippen LogP contribution in [-0.4, -0.2) is 42.6 Å². The monoisotopic (exact) mass is 403 g/mol. The molecule has 2 atom stereocenters. The van der Waals surface area contributed by atoms with E-state index in [-0.39, 0.29) is 5.04 Å². The number of aliphatic hydroxyl groups is 1. The van der Waals surface area contributed by atoms with Crippen LogP contribution < -0.4 is 0 Å². The Morgan fingerprint density at radius 3 is 2.29 bits per heavy atom. The lowest BCUT2D eigenvalue weighted by Crippen LogP contribution is -2.57. The first-order valence-electron chi connectivity index (χ1n) is 11.3.